The summed E-state index contributed by atoms with van der Waals surface area (Å²) in [4.78, 5) is 0. The van der Waals surface area contributed by atoms with Crippen LogP contribution in [0, 0.1) is 0 Å². The summed E-state index contributed by atoms with van der Waals surface area (Å²) in [6.45, 7) is 10.3. The minimum absolute atomic E-state index is 0.0207. The van der Waals surface area contributed by atoms with Gasteiger partial charge in [-0.25, -0.2) is 0 Å². The molecule has 0 saturated heterocycles. The summed E-state index contributed by atoms with van der Waals surface area (Å²) in [6.07, 6.45) is 9.58. The van der Waals surface area contributed by atoms with Crippen LogP contribution in [-0.4, -0.2) is 18.9 Å². The van der Waals surface area contributed by atoms with E-state index in [2.05, 4.69) is 33.0 Å². The zero-order valence-corrected chi connectivity index (χ0v) is 11.8. The van der Waals surface area contributed by atoms with Gasteiger partial charge < -0.3 is 4.74 Å². The summed E-state index contributed by atoms with van der Waals surface area (Å²) in [7, 11) is 0. The van der Waals surface area contributed by atoms with Crippen LogP contribution < -0.4 is 5.32 Å². The Morgan fingerprint density at radius 3 is 2.00 bits per heavy atom. The molecule has 0 radical (unpaired) electrons. The fourth-order valence-electron chi connectivity index (χ4n) is 1.55. The molecule has 0 aliphatic heterocycles. The van der Waals surface area contributed by atoms with Crippen LogP contribution in [0.1, 0.15) is 72.6 Å². The van der Waals surface area contributed by atoms with Crippen molar-refractivity contribution in [3.05, 3.63) is 0 Å². The van der Waals surface area contributed by atoms with Gasteiger partial charge in [-0.15, -0.1) is 0 Å². The molecule has 1 N–H and O–H groups in total. The number of nitrogens with one attached hydrogen (secondary N) is 1. The van der Waals surface area contributed by atoms with Gasteiger partial charge in [0.25, 0.3) is 0 Å². The topological polar surface area (TPSA) is 21.3 Å². The van der Waals surface area contributed by atoms with E-state index in [4.69, 9.17) is 4.74 Å². The molecular weight excluding hydrogens is 198 g/mol. The number of unbranched alkanes of at least 4 members (excludes halogenated alkanes) is 6. The van der Waals surface area contributed by atoms with Crippen LogP contribution in [0.4, 0.5) is 0 Å². The molecular formula is C14H31NO. The Hall–Kier alpha value is -0.0800. The second kappa shape index (κ2) is 10.1. The molecule has 0 spiro atoms. The maximum absolute atomic E-state index is 5.58. The summed E-state index contributed by atoms with van der Waals surface area (Å²) in [5, 5.41) is 3.32. The molecule has 0 unspecified atom stereocenters. The third-order valence-corrected chi connectivity index (χ3v) is 2.56. The second-order valence-corrected chi connectivity index (χ2v) is 5.52. The first-order chi connectivity index (χ1) is 7.56. The molecule has 0 amide bonds. The van der Waals surface area contributed by atoms with Crippen molar-refractivity contribution in [3.8, 4) is 0 Å². The third kappa shape index (κ3) is 13.9. The van der Waals surface area contributed by atoms with Crippen molar-refractivity contribution in [1.29, 1.82) is 0 Å². The second-order valence-electron chi connectivity index (χ2n) is 5.52. The first-order valence-corrected chi connectivity index (χ1v) is 6.91. The van der Waals surface area contributed by atoms with Gasteiger partial charge in [0.15, 0.2) is 0 Å². The van der Waals surface area contributed by atoms with Crippen molar-refractivity contribution in [2.24, 2.45) is 0 Å². The van der Waals surface area contributed by atoms with Crippen LogP contribution in [0.2, 0.25) is 0 Å². The molecule has 0 aromatic heterocycles. The molecule has 0 saturated carbocycles. The first-order valence-electron chi connectivity index (χ1n) is 6.91. The van der Waals surface area contributed by atoms with Gasteiger partial charge in [-0.2, -0.15) is 0 Å². The molecule has 0 heterocycles. The van der Waals surface area contributed by atoms with Crippen molar-refractivity contribution in [2.75, 3.05) is 13.3 Å². The van der Waals surface area contributed by atoms with Crippen LogP contribution in [0.3, 0.4) is 0 Å². The highest BCUT2D eigenvalue weighted by molar-refractivity contribution is 4.57. The lowest BCUT2D eigenvalue weighted by Gasteiger charge is -2.19. The maximum atomic E-state index is 5.58. The van der Waals surface area contributed by atoms with Crippen LogP contribution in [0.5, 0.6) is 0 Å². The molecule has 2 heteroatoms. The van der Waals surface area contributed by atoms with E-state index in [9.17, 15) is 0 Å². The number of rotatable bonds is 10. The molecule has 0 aliphatic carbocycles. The minimum atomic E-state index is -0.0207. The molecule has 98 valence electrons. The summed E-state index contributed by atoms with van der Waals surface area (Å²) >= 11 is 0. The first kappa shape index (κ1) is 15.9. The third-order valence-electron chi connectivity index (χ3n) is 2.56. The van der Waals surface area contributed by atoms with E-state index < -0.39 is 0 Å². The highest BCUT2D eigenvalue weighted by atomic mass is 16.5. The Labute approximate surface area is 102 Å². The van der Waals surface area contributed by atoms with Crippen LogP contribution in [-0.2, 0) is 4.74 Å². The zero-order valence-electron chi connectivity index (χ0n) is 11.8. The van der Waals surface area contributed by atoms with Gasteiger partial charge in [0.1, 0.15) is 0 Å². The quantitative estimate of drug-likeness (QED) is 0.450. The van der Waals surface area contributed by atoms with E-state index >= 15 is 0 Å². The highest BCUT2D eigenvalue weighted by Gasteiger charge is 2.08. The lowest BCUT2D eigenvalue weighted by molar-refractivity contribution is -0.0131. The van der Waals surface area contributed by atoms with Crippen LogP contribution in [0.25, 0.3) is 0 Å². The summed E-state index contributed by atoms with van der Waals surface area (Å²) in [6, 6.07) is 0. The molecule has 16 heavy (non-hydrogen) atoms. The number of hydrogen-bond acceptors (Lipinski definition) is 2. The van der Waals surface area contributed by atoms with E-state index in [-0.39, 0.29) is 5.60 Å². The molecule has 0 fully saturated rings. The molecule has 0 aromatic rings. The Morgan fingerprint density at radius 2 is 1.44 bits per heavy atom. The normalized spacial score (nSPS) is 12.0. The standard InChI is InChI=1S/C14H31NO/c1-5-6-7-8-9-10-11-12-15-13-16-14(2,3)4/h15H,5-13H2,1-4H3. The fraction of sp³-hybridized carbons (Fsp3) is 1.00. The van der Waals surface area contributed by atoms with Gasteiger partial charge in [-0.3, -0.25) is 5.32 Å². The lowest BCUT2D eigenvalue weighted by Crippen LogP contribution is -2.28. The molecule has 2 nitrogen and oxygen atoms in total. The number of ether oxygens (including phenoxy) is 1. The summed E-state index contributed by atoms with van der Waals surface area (Å²) < 4.78 is 5.58. The predicted molar refractivity (Wildman–Crippen MR) is 71.7 cm³/mol. The van der Waals surface area contributed by atoms with E-state index in [1.54, 1.807) is 0 Å². The van der Waals surface area contributed by atoms with Gasteiger partial charge in [-0.1, -0.05) is 45.4 Å². The van der Waals surface area contributed by atoms with Crippen LogP contribution >= 0.6 is 0 Å². The Morgan fingerprint density at radius 1 is 0.875 bits per heavy atom. The monoisotopic (exact) mass is 229 g/mol. The SMILES string of the molecule is CCCCCCCCCNCOC(C)(C)C. The predicted octanol–water partition coefficient (Wildman–Crippen LogP) is 4.10. The lowest BCUT2D eigenvalue weighted by atomic mass is 10.1. The maximum Gasteiger partial charge on any atom is 0.0972 e. The largest absolute Gasteiger partial charge is 0.361 e. The smallest absolute Gasteiger partial charge is 0.0972 e. The van der Waals surface area contributed by atoms with E-state index in [0.717, 1.165) is 6.54 Å². The van der Waals surface area contributed by atoms with Crippen LogP contribution in [0.15, 0.2) is 0 Å². The van der Waals surface area contributed by atoms with Crippen molar-refractivity contribution >= 4 is 0 Å². The average Bonchev–Trinajstić information content (AvgIpc) is 2.19. The molecule has 0 rings (SSSR count). The summed E-state index contributed by atoms with van der Waals surface area (Å²) in [5.74, 6) is 0. The molecule has 0 aromatic carbocycles. The molecule has 0 atom stereocenters. The van der Waals surface area contributed by atoms with Gasteiger partial charge >= 0.3 is 0 Å². The average molecular weight is 229 g/mol. The van der Waals surface area contributed by atoms with Gasteiger partial charge in [0.2, 0.25) is 0 Å². The highest BCUT2D eigenvalue weighted by Crippen LogP contribution is 2.07. The van der Waals surface area contributed by atoms with E-state index in [1.165, 1.54) is 44.9 Å². The van der Waals surface area contributed by atoms with Crippen molar-refractivity contribution in [2.45, 2.75) is 78.2 Å². The van der Waals surface area contributed by atoms with Crippen molar-refractivity contribution in [3.63, 3.8) is 0 Å². The minimum Gasteiger partial charge on any atom is -0.361 e. The van der Waals surface area contributed by atoms with E-state index in [1.807, 2.05) is 0 Å². The zero-order chi connectivity index (χ0) is 12.3. The Bertz CT molecular complexity index is 140. The Balaban J connectivity index is 2.99. The molecule has 0 aliphatic rings. The van der Waals surface area contributed by atoms with Gasteiger partial charge in [0, 0.05) is 0 Å². The fourth-order valence-corrected chi connectivity index (χ4v) is 1.55. The van der Waals surface area contributed by atoms with Gasteiger partial charge in [0.05, 0.1) is 12.3 Å². The Kier molecular flexibility index (Phi) is 10.0. The van der Waals surface area contributed by atoms with Gasteiger partial charge in [-0.05, 0) is 33.7 Å². The van der Waals surface area contributed by atoms with Crippen molar-refractivity contribution < 1.29 is 4.74 Å². The van der Waals surface area contributed by atoms with E-state index in [0.29, 0.717) is 6.73 Å². The summed E-state index contributed by atoms with van der Waals surface area (Å²) in [5.41, 5.74) is -0.0207. The number of hydrogen-bond donors (Lipinski definition) is 1. The molecule has 0 bridgehead atoms. The van der Waals surface area contributed by atoms with Crippen molar-refractivity contribution in [1.82, 2.24) is 5.32 Å².